The smallest absolute Gasteiger partial charge is 0.264 e. The first-order chi connectivity index (χ1) is 20.9. The van der Waals surface area contributed by atoms with Crippen molar-refractivity contribution >= 4 is 28.1 Å². The van der Waals surface area contributed by atoms with Gasteiger partial charge in [-0.1, -0.05) is 36.1 Å². The van der Waals surface area contributed by atoms with E-state index in [0.29, 0.717) is 22.5 Å². The number of nitrogens with two attached hydrogens (primary N) is 1. The fourth-order valence-electron chi connectivity index (χ4n) is 6.59. The van der Waals surface area contributed by atoms with Crippen LogP contribution >= 0.6 is 0 Å². The van der Waals surface area contributed by atoms with Crippen molar-refractivity contribution in [2.45, 2.75) is 31.2 Å². The summed E-state index contributed by atoms with van der Waals surface area (Å²) in [6, 6.07) is 14.8. The van der Waals surface area contributed by atoms with Crippen molar-refractivity contribution in [3.63, 3.8) is 0 Å². The maximum atomic E-state index is 14.6. The molecule has 10 nitrogen and oxygen atoms in total. The van der Waals surface area contributed by atoms with Crippen LogP contribution in [0.15, 0.2) is 78.1 Å². The predicted octanol–water partition coefficient (Wildman–Crippen LogP) is 3.82. The number of pyridine rings is 1. The minimum atomic E-state index is -0.532. The van der Waals surface area contributed by atoms with E-state index in [1.807, 2.05) is 56.6 Å². The van der Waals surface area contributed by atoms with E-state index in [1.54, 1.807) is 33.9 Å². The predicted molar refractivity (Wildman–Crippen MR) is 162 cm³/mol. The van der Waals surface area contributed by atoms with Gasteiger partial charge in [0.1, 0.15) is 5.56 Å². The lowest BCUT2D eigenvalue weighted by molar-refractivity contribution is 0.0941. The lowest BCUT2D eigenvalue weighted by Gasteiger charge is -2.24. The van der Waals surface area contributed by atoms with Gasteiger partial charge in [-0.2, -0.15) is 5.10 Å². The molecular formula is C33H26N8O2. The van der Waals surface area contributed by atoms with Crippen LogP contribution in [-0.4, -0.2) is 34.9 Å². The lowest BCUT2D eigenvalue weighted by atomic mass is 9.94. The number of rotatable bonds is 4. The Kier molecular flexibility index (Phi) is 5.34. The number of para-hydroxylation sites is 1. The van der Waals surface area contributed by atoms with E-state index in [1.165, 1.54) is 10.1 Å². The second kappa shape index (κ2) is 9.16. The molecule has 8 rings (SSSR count). The molecule has 3 atom stereocenters. The average molecular weight is 567 g/mol. The minimum Gasteiger partial charge on any atom is -0.381 e. The number of aromatic nitrogens is 6. The maximum Gasteiger partial charge on any atom is 0.264 e. The van der Waals surface area contributed by atoms with Crippen LogP contribution in [0.25, 0.3) is 22.1 Å². The standard InChI is InChI=1S/C33H26N8O2/c1-18(37-32(42)28-30(34)38-40-14-6-13-35-31(28)40)29-27-24-15-23(24)22-12-11-20(10-9-19-16-36-39(2)17-19)25(26(22)27)33(43)41(29)21-7-4-3-5-8-21/h3-8,11-14,16-18,23-24H,15H2,1-2H3,(H2,34,38)(H,37,42)/t18-,23-,24-/m0/s1. The Morgan fingerprint density at radius 1 is 1.09 bits per heavy atom. The number of carbonyl (C=O) groups is 1. The lowest BCUT2D eigenvalue weighted by Crippen LogP contribution is -2.33. The number of nitrogens with one attached hydrogen (secondary N) is 1. The van der Waals surface area contributed by atoms with Crippen molar-refractivity contribution in [1.82, 2.24) is 34.3 Å². The summed E-state index contributed by atoms with van der Waals surface area (Å²) in [5.41, 5.74) is 11.8. The summed E-state index contributed by atoms with van der Waals surface area (Å²) < 4.78 is 4.94. The van der Waals surface area contributed by atoms with E-state index in [-0.39, 0.29) is 22.9 Å². The summed E-state index contributed by atoms with van der Waals surface area (Å²) in [6.07, 6.45) is 7.85. The minimum absolute atomic E-state index is 0.0910. The van der Waals surface area contributed by atoms with Crippen LogP contribution in [0.3, 0.4) is 0 Å². The number of carbonyl (C=O) groups excluding carboxylic acids is 1. The molecule has 0 spiro atoms. The zero-order chi connectivity index (χ0) is 29.4. The van der Waals surface area contributed by atoms with Crippen molar-refractivity contribution in [2.75, 3.05) is 5.73 Å². The van der Waals surface area contributed by atoms with Crippen LogP contribution in [0.5, 0.6) is 0 Å². The molecule has 0 radical (unpaired) electrons. The number of hydrogen-bond donors (Lipinski definition) is 2. The summed E-state index contributed by atoms with van der Waals surface area (Å²) in [5, 5.41) is 13.1. The molecule has 2 aromatic carbocycles. The Morgan fingerprint density at radius 3 is 2.72 bits per heavy atom. The summed E-state index contributed by atoms with van der Waals surface area (Å²) in [4.78, 5) is 32.6. The van der Waals surface area contributed by atoms with Gasteiger partial charge in [0.05, 0.1) is 28.9 Å². The number of fused-ring (bicyclic) bond motifs is 4. The molecule has 1 fully saturated rings. The monoisotopic (exact) mass is 566 g/mol. The van der Waals surface area contributed by atoms with Crippen molar-refractivity contribution in [2.24, 2.45) is 7.05 Å². The number of amides is 1. The Hall–Kier alpha value is -5.69. The number of hydrogen-bond acceptors (Lipinski definition) is 6. The van der Waals surface area contributed by atoms with E-state index in [2.05, 4.69) is 38.4 Å². The highest BCUT2D eigenvalue weighted by Gasteiger charge is 2.50. The van der Waals surface area contributed by atoms with Gasteiger partial charge in [-0.05, 0) is 66.0 Å². The highest BCUT2D eigenvalue weighted by atomic mass is 16.2. The van der Waals surface area contributed by atoms with Gasteiger partial charge in [-0.15, -0.1) is 5.10 Å². The van der Waals surface area contributed by atoms with Crippen molar-refractivity contribution in [3.8, 4) is 17.5 Å². The van der Waals surface area contributed by atoms with Gasteiger partial charge in [-0.3, -0.25) is 18.8 Å². The first-order valence-electron chi connectivity index (χ1n) is 14.1. The Labute approximate surface area is 245 Å². The quantitative estimate of drug-likeness (QED) is 0.313. The van der Waals surface area contributed by atoms with Crippen LogP contribution in [-0.2, 0) is 7.05 Å². The third-order valence-corrected chi connectivity index (χ3v) is 8.47. The normalized spacial score (nSPS) is 17.0. The number of nitrogen functional groups attached to an aromatic ring is 1. The average Bonchev–Trinajstić information content (AvgIpc) is 3.39. The summed E-state index contributed by atoms with van der Waals surface area (Å²) >= 11 is 0. The second-order valence-electron chi connectivity index (χ2n) is 11.2. The molecule has 2 aliphatic rings. The second-order valence-corrected chi connectivity index (χ2v) is 11.2. The topological polar surface area (TPSA) is 125 Å². The summed E-state index contributed by atoms with van der Waals surface area (Å²) in [6.45, 7) is 1.91. The number of aryl methyl sites for hydroxylation is 1. The van der Waals surface area contributed by atoms with Crippen LogP contribution in [0.1, 0.15) is 69.5 Å². The van der Waals surface area contributed by atoms with Gasteiger partial charge < -0.3 is 11.1 Å². The van der Waals surface area contributed by atoms with Gasteiger partial charge >= 0.3 is 0 Å². The highest BCUT2D eigenvalue weighted by molar-refractivity contribution is 6.04. The van der Waals surface area contributed by atoms with Gasteiger partial charge in [-0.25, -0.2) is 9.50 Å². The fraction of sp³-hybridized carbons (Fsp3) is 0.182. The zero-order valence-electron chi connectivity index (χ0n) is 23.4. The van der Waals surface area contributed by atoms with E-state index in [0.717, 1.165) is 34.3 Å². The molecule has 6 aromatic rings. The van der Waals surface area contributed by atoms with Crippen molar-refractivity contribution in [1.29, 1.82) is 0 Å². The van der Waals surface area contributed by atoms with Crippen molar-refractivity contribution in [3.05, 3.63) is 117 Å². The van der Waals surface area contributed by atoms with Gasteiger partial charge in [0.2, 0.25) is 0 Å². The van der Waals surface area contributed by atoms with Crippen LogP contribution in [0, 0.1) is 11.8 Å². The summed E-state index contributed by atoms with van der Waals surface area (Å²) in [5.74, 6) is 6.74. The molecule has 0 saturated heterocycles. The molecule has 0 unspecified atom stereocenters. The third kappa shape index (κ3) is 3.78. The van der Waals surface area contributed by atoms with Crippen LogP contribution in [0.4, 0.5) is 5.82 Å². The SMILES string of the molecule is C[C@H](NC(=O)c1c(N)nn2cccnc12)c1c2c3c(ccc(C#Cc4cnn(C)c4)c3c(=O)n1-c1ccccc1)[C@@H]1C[C@H]21. The third-order valence-electron chi connectivity index (χ3n) is 8.47. The molecule has 0 aliphatic heterocycles. The number of anilines is 1. The Morgan fingerprint density at radius 2 is 1.93 bits per heavy atom. The van der Waals surface area contributed by atoms with Crippen LogP contribution in [0.2, 0.25) is 0 Å². The number of nitrogens with zero attached hydrogens (tertiary/aromatic N) is 6. The molecule has 1 amide bonds. The fourth-order valence-corrected chi connectivity index (χ4v) is 6.59. The molecule has 10 heteroatoms. The summed E-state index contributed by atoms with van der Waals surface area (Å²) in [7, 11) is 1.84. The highest BCUT2D eigenvalue weighted by Crippen LogP contribution is 2.64. The maximum absolute atomic E-state index is 14.6. The number of benzene rings is 2. The first-order valence-corrected chi connectivity index (χ1v) is 14.1. The van der Waals surface area contributed by atoms with Crippen LogP contribution < -0.4 is 16.6 Å². The van der Waals surface area contributed by atoms with E-state index >= 15 is 0 Å². The van der Waals surface area contributed by atoms with Gasteiger partial charge in [0.25, 0.3) is 11.5 Å². The van der Waals surface area contributed by atoms with Gasteiger partial charge in [0, 0.05) is 36.9 Å². The molecule has 2 aliphatic carbocycles. The molecule has 0 bridgehead atoms. The Bertz CT molecular complexity index is 2250. The molecule has 43 heavy (non-hydrogen) atoms. The molecule has 3 N–H and O–H groups in total. The largest absolute Gasteiger partial charge is 0.381 e. The molecule has 1 saturated carbocycles. The van der Waals surface area contributed by atoms with E-state index in [9.17, 15) is 9.59 Å². The van der Waals surface area contributed by atoms with E-state index in [4.69, 9.17) is 5.73 Å². The van der Waals surface area contributed by atoms with Crippen molar-refractivity contribution < 1.29 is 4.79 Å². The molecular weight excluding hydrogens is 540 g/mol. The van der Waals surface area contributed by atoms with E-state index < -0.39 is 11.9 Å². The molecule has 4 heterocycles. The first kappa shape index (κ1) is 25.1. The zero-order valence-corrected chi connectivity index (χ0v) is 23.4. The molecule has 210 valence electrons. The van der Waals surface area contributed by atoms with Gasteiger partial charge in [0.15, 0.2) is 11.5 Å². The Balaban J connectivity index is 1.33. The molecule has 4 aromatic heterocycles.